The van der Waals surface area contributed by atoms with Crippen LogP contribution in [0.15, 0.2) is 59.1 Å². The number of hydrogen-bond acceptors (Lipinski definition) is 5. The van der Waals surface area contributed by atoms with E-state index in [2.05, 4.69) is 15.4 Å². The highest BCUT2D eigenvalue weighted by Crippen LogP contribution is 2.31. The van der Waals surface area contributed by atoms with E-state index in [0.29, 0.717) is 35.9 Å². The van der Waals surface area contributed by atoms with Gasteiger partial charge in [-0.1, -0.05) is 30.3 Å². The lowest BCUT2D eigenvalue weighted by Crippen LogP contribution is -2.13. The van der Waals surface area contributed by atoms with E-state index < -0.39 is 0 Å². The quantitative estimate of drug-likeness (QED) is 0.552. The van der Waals surface area contributed by atoms with Gasteiger partial charge in [0.05, 0.1) is 19.0 Å². The smallest absolute Gasteiger partial charge is 0.246 e. The Morgan fingerprint density at radius 1 is 1.21 bits per heavy atom. The summed E-state index contributed by atoms with van der Waals surface area (Å²) in [6, 6.07) is 15.3. The lowest BCUT2D eigenvalue weighted by atomic mass is 10.1. The first-order valence-corrected chi connectivity index (χ1v) is 8.97. The molecule has 2 aromatic carbocycles. The number of aryl methyl sites for hydroxylation is 2. The third-order valence-electron chi connectivity index (χ3n) is 4.48. The minimum absolute atomic E-state index is 0.0676. The standard InChI is InChI=1S/C21H20N4O3/c1-14-22-13-20-25(14)24-21(28-20)16-9-10-17(18(12-16)27-2)23-19(26)11-8-15-6-4-3-5-7-15/h3-7,9-10,12-13H,8,11H2,1-2H3,(H,23,26). The molecular weight excluding hydrogens is 356 g/mol. The van der Waals surface area contributed by atoms with Crippen molar-refractivity contribution in [1.82, 2.24) is 14.6 Å². The monoisotopic (exact) mass is 376 g/mol. The Morgan fingerprint density at radius 2 is 2.04 bits per heavy atom. The van der Waals surface area contributed by atoms with E-state index in [1.165, 1.54) is 0 Å². The van der Waals surface area contributed by atoms with Crippen molar-refractivity contribution in [2.45, 2.75) is 19.8 Å². The first-order chi connectivity index (χ1) is 13.6. The number of aromatic nitrogens is 3. The van der Waals surface area contributed by atoms with Gasteiger partial charge in [-0.3, -0.25) is 4.79 Å². The summed E-state index contributed by atoms with van der Waals surface area (Å²) in [7, 11) is 1.56. The normalized spacial score (nSPS) is 10.9. The molecule has 7 nitrogen and oxygen atoms in total. The van der Waals surface area contributed by atoms with Crippen molar-refractivity contribution in [3.05, 3.63) is 66.1 Å². The van der Waals surface area contributed by atoms with E-state index in [9.17, 15) is 4.79 Å². The number of methoxy groups -OCH3 is 1. The molecule has 0 fully saturated rings. The van der Waals surface area contributed by atoms with Crippen molar-refractivity contribution in [2.24, 2.45) is 0 Å². The van der Waals surface area contributed by atoms with Gasteiger partial charge in [0, 0.05) is 12.0 Å². The Bertz CT molecular complexity index is 1120. The van der Waals surface area contributed by atoms with Gasteiger partial charge in [0.25, 0.3) is 0 Å². The number of amides is 1. The molecule has 0 bridgehead atoms. The molecule has 4 aromatic rings. The fourth-order valence-corrected chi connectivity index (χ4v) is 2.98. The molecule has 0 unspecified atom stereocenters. The molecule has 0 spiro atoms. The average molecular weight is 376 g/mol. The number of benzene rings is 2. The second kappa shape index (κ2) is 7.56. The molecule has 0 aliphatic carbocycles. The minimum atomic E-state index is -0.0676. The highest BCUT2D eigenvalue weighted by molar-refractivity contribution is 5.92. The summed E-state index contributed by atoms with van der Waals surface area (Å²) in [6.07, 6.45) is 2.71. The van der Waals surface area contributed by atoms with Crippen LogP contribution in [-0.2, 0) is 11.2 Å². The Kier molecular flexibility index (Phi) is 4.80. The van der Waals surface area contributed by atoms with Gasteiger partial charge in [0.1, 0.15) is 11.6 Å². The number of hydrogen-bond donors (Lipinski definition) is 1. The zero-order valence-electron chi connectivity index (χ0n) is 15.7. The van der Waals surface area contributed by atoms with Crippen LogP contribution in [0.5, 0.6) is 5.75 Å². The van der Waals surface area contributed by atoms with Crippen molar-refractivity contribution in [2.75, 3.05) is 12.4 Å². The molecule has 1 amide bonds. The summed E-state index contributed by atoms with van der Waals surface area (Å²) in [6.45, 7) is 1.86. The lowest BCUT2D eigenvalue weighted by molar-refractivity contribution is -0.116. The van der Waals surface area contributed by atoms with Gasteiger partial charge in [-0.05, 0) is 37.1 Å². The molecule has 142 valence electrons. The van der Waals surface area contributed by atoms with Crippen LogP contribution < -0.4 is 10.1 Å². The third-order valence-corrected chi connectivity index (χ3v) is 4.48. The second-order valence-corrected chi connectivity index (χ2v) is 6.41. The molecular formula is C21H20N4O3. The summed E-state index contributed by atoms with van der Waals surface area (Å²) in [5, 5.41) is 7.33. The Hall–Kier alpha value is -3.61. The maximum absolute atomic E-state index is 12.3. The first kappa shape index (κ1) is 17.8. The molecule has 1 N–H and O–H groups in total. The lowest BCUT2D eigenvalue weighted by Gasteiger charge is -2.11. The summed E-state index contributed by atoms with van der Waals surface area (Å²) < 4.78 is 12.8. The maximum atomic E-state index is 12.3. The molecule has 28 heavy (non-hydrogen) atoms. The number of rotatable bonds is 6. The molecule has 2 aromatic heterocycles. The predicted molar refractivity (Wildman–Crippen MR) is 105 cm³/mol. The van der Waals surface area contributed by atoms with Crippen molar-refractivity contribution < 1.29 is 13.9 Å². The van der Waals surface area contributed by atoms with Gasteiger partial charge < -0.3 is 14.5 Å². The van der Waals surface area contributed by atoms with Gasteiger partial charge in [-0.2, -0.15) is 4.52 Å². The summed E-state index contributed by atoms with van der Waals surface area (Å²) in [5.74, 6) is 1.69. The van der Waals surface area contributed by atoms with Crippen LogP contribution in [0.1, 0.15) is 17.8 Å². The predicted octanol–water partition coefficient (Wildman–Crippen LogP) is 3.88. The van der Waals surface area contributed by atoms with Crippen molar-refractivity contribution in [3.63, 3.8) is 0 Å². The number of carbonyl (C=O) groups is 1. The largest absolute Gasteiger partial charge is 0.495 e. The fraction of sp³-hybridized carbons (Fsp3) is 0.190. The summed E-state index contributed by atoms with van der Waals surface area (Å²) in [4.78, 5) is 16.5. The molecule has 0 saturated carbocycles. The van der Waals surface area contributed by atoms with Gasteiger partial charge in [-0.15, -0.1) is 5.10 Å². The van der Waals surface area contributed by atoms with Gasteiger partial charge >= 0.3 is 0 Å². The van der Waals surface area contributed by atoms with Crippen molar-refractivity contribution >= 4 is 17.3 Å². The SMILES string of the molecule is COc1cc(-c2nn3c(C)ncc3o2)ccc1NC(=O)CCc1ccccc1. The molecule has 0 aliphatic rings. The Labute approximate surface area is 162 Å². The highest BCUT2D eigenvalue weighted by Gasteiger charge is 2.14. The first-order valence-electron chi connectivity index (χ1n) is 8.97. The number of nitrogens with one attached hydrogen (secondary N) is 1. The number of anilines is 1. The van der Waals surface area contributed by atoms with Crippen molar-refractivity contribution in [3.8, 4) is 17.2 Å². The van der Waals surface area contributed by atoms with E-state index in [0.717, 1.165) is 17.0 Å². The van der Waals surface area contributed by atoms with E-state index in [1.807, 2.05) is 43.3 Å². The van der Waals surface area contributed by atoms with Crippen LogP contribution in [0.25, 0.3) is 17.2 Å². The molecule has 4 rings (SSSR count). The fourth-order valence-electron chi connectivity index (χ4n) is 2.98. The number of imidazole rings is 1. The average Bonchev–Trinajstić information content (AvgIpc) is 3.30. The number of carbonyl (C=O) groups excluding carboxylic acids is 1. The molecule has 0 aliphatic heterocycles. The topological polar surface area (TPSA) is 81.7 Å². The minimum Gasteiger partial charge on any atom is -0.495 e. The number of ether oxygens (including phenoxy) is 1. The van der Waals surface area contributed by atoms with Gasteiger partial charge in [0.2, 0.25) is 17.5 Å². The van der Waals surface area contributed by atoms with Crippen LogP contribution in [0.3, 0.4) is 0 Å². The van der Waals surface area contributed by atoms with Crippen molar-refractivity contribution in [1.29, 1.82) is 0 Å². The second-order valence-electron chi connectivity index (χ2n) is 6.41. The number of fused-ring (bicyclic) bond motifs is 1. The summed E-state index contributed by atoms with van der Waals surface area (Å²) >= 11 is 0. The van der Waals surface area contributed by atoms with E-state index in [4.69, 9.17) is 9.15 Å². The zero-order chi connectivity index (χ0) is 19.5. The summed E-state index contributed by atoms with van der Waals surface area (Å²) in [5.41, 5.74) is 3.07. The Balaban J connectivity index is 1.49. The van der Waals surface area contributed by atoms with E-state index in [1.54, 1.807) is 30.0 Å². The van der Waals surface area contributed by atoms with E-state index >= 15 is 0 Å². The van der Waals surface area contributed by atoms with Gasteiger partial charge in [0.15, 0.2) is 0 Å². The van der Waals surface area contributed by atoms with Crippen LogP contribution in [0.4, 0.5) is 5.69 Å². The van der Waals surface area contributed by atoms with Gasteiger partial charge in [-0.25, -0.2) is 4.98 Å². The molecule has 0 saturated heterocycles. The van der Waals surface area contributed by atoms with Crippen LogP contribution in [-0.4, -0.2) is 27.6 Å². The molecule has 0 radical (unpaired) electrons. The zero-order valence-corrected chi connectivity index (χ0v) is 15.7. The number of nitrogens with zero attached hydrogens (tertiary/aromatic N) is 3. The van der Waals surface area contributed by atoms with Crippen LogP contribution in [0.2, 0.25) is 0 Å². The molecule has 0 atom stereocenters. The highest BCUT2D eigenvalue weighted by atomic mass is 16.5. The van der Waals surface area contributed by atoms with Crippen LogP contribution >= 0.6 is 0 Å². The Morgan fingerprint density at radius 3 is 2.79 bits per heavy atom. The maximum Gasteiger partial charge on any atom is 0.246 e. The molecule has 2 heterocycles. The van der Waals surface area contributed by atoms with E-state index in [-0.39, 0.29) is 5.91 Å². The third kappa shape index (κ3) is 3.59. The van der Waals surface area contributed by atoms with Crippen LogP contribution in [0, 0.1) is 6.92 Å². The molecule has 7 heteroatoms.